The van der Waals surface area contributed by atoms with Crippen LogP contribution in [0, 0.1) is 0 Å². The third kappa shape index (κ3) is 3.31. The number of hydrogen-bond donors (Lipinski definition) is 2. The summed E-state index contributed by atoms with van der Waals surface area (Å²) in [6, 6.07) is 7.15. The SMILES string of the molecule is COc1nccc(N(C)C)c1NCc1cccc(Cl)c1O. The normalized spacial score (nSPS) is 10.3. The minimum absolute atomic E-state index is 0.0842. The molecule has 0 fully saturated rings. The van der Waals surface area contributed by atoms with E-state index in [0.717, 1.165) is 11.4 Å². The predicted octanol–water partition coefficient (Wildman–Crippen LogP) is 3.13. The number of phenolic OH excluding ortho intramolecular Hbond substituents is 1. The van der Waals surface area contributed by atoms with Gasteiger partial charge in [0.15, 0.2) is 0 Å². The molecular weight excluding hydrogens is 290 g/mol. The number of nitrogens with one attached hydrogen (secondary N) is 1. The first-order chi connectivity index (χ1) is 10.0. The van der Waals surface area contributed by atoms with E-state index in [4.69, 9.17) is 16.3 Å². The minimum Gasteiger partial charge on any atom is -0.506 e. The summed E-state index contributed by atoms with van der Waals surface area (Å²) in [6.07, 6.45) is 1.69. The van der Waals surface area contributed by atoms with Crippen LogP contribution in [-0.2, 0) is 6.54 Å². The van der Waals surface area contributed by atoms with Crippen molar-refractivity contribution in [2.75, 3.05) is 31.4 Å². The highest BCUT2D eigenvalue weighted by Crippen LogP contribution is 2.34. The molecule has 0 aliphatic carbocycles. The maximum atomic E-state index is 9.95. The zero-order valence-corrected chi connectivity index (χ0v) is 13.0. The number of pyridine rings is 1. The summed E-state index contributed by atoms with van der Waals surface area (Å²) in [6.45, 7) is 0.412. The van der Waals surface area contributed by atoms with Crippen LogP contribution in [0.15, 0.2) is 30.5 Å². The van der Waals surface area contributed by atoms with Crippen LogP contribution in [0.1, 0.15) is 5.56 Å². The van der Waals surface area contributed by atoms with Crippen LogP contribution in [0.2, 0.25) is 5.02 Å². The molecule has 2 rings (SSSR count). The summed E-state index contributed by atoms with van der Waals surface area (Å²) < 4.78 is 5.29. The van der Waals surface area contributed by atoms with E-state index in [1.807, 2.05) is 31.1 Å². The number of benzene rings is 1. The van der Waals surface area contributed by atoms with Gasteiger partial charge in [0.05, 0.1) is 17.8 Å². The van der Waals surface area contributed by atoms with Gasteiger partial charge in [-0.3, -0.25) is 0 Å². The van der Waals surface area contributed by atoms with E-state index in [1.165, 1.54) is 0 Å². The van der Waals surface area contributed by atoms with Crippen molar-refractivity contribution in [3.8, 4) is 11.6 Å². The fourth-order valence-corrected chi connectivity index (χ4v) is 2.21. The molecule has 0 amide bonds. The molecule has 1 aromatic heterocycles. The standard InChI is InChI=1S/C15H18ClN3O2/c1-19(2)12-7-8-17-15(21-3)13(12)18-9-10-5-4-6-11(16)14(10)20/h4-8,18,20H,9H2,1-3H3. The van der Waals surface area contributed by atoms with E-state index in [2.05, 4.69) is 10.3 Å². The first kappa shape index (κ1) is 15.3. The van der Waals surface area contributed by atoms with E-state index >= 15 is 0 Å². The lowest BCUT2D eigenvalue weighted by Crippen LogP contribution is -2.13. The van der Waals surface area contributed by atoms with Gasteiger partial charge >= 0.3 is 0 Å². The van der Waals surface area contributed by atoms with E-state index in [0.29, 0.717) is 23.0 Å². The number of halogens is 1. The van der Waals surface area contributed by atoms with E-state index in [1.54, 1.807) is 25.4 Å². The summed E-state index contributed by atoms with van der Waals surface area (Å²) >= 11 is 5.91. The molecule has 0 aliphatic heterocycles. The predicted molar refractivity (Wildman–Crippen MR) is 85.6 cm³/mol. The van der Waals surface area contributed by atoms with Crippen molar-refractivity contribution in [3.05, 3.63) is 41.0 Å². The number of aromatic hydroxyl groups is 1. The quantitative estimate of drug-likeness (QED) is 0.889. The van der Waals surface area contributed by atoms with E-state index in [9.17, 15) is 5.11 Å². The smallest absolute Gasteiger partial charge is 0.239 e. The molecule has 0 bridgehead atoms. The second kappa shape index (κ2) is 6.54. The van der Waals surface area contributed by atoms with Crippen molar-refractivity contribution in [1.82, 2.24) is 4.98 Å². The van der Waals surface area contributed by atoms with E-state index < -0.39 is 0 Å². The molecule has 0 spiro atoms. The lowest BCUT2D eigenvalue weighted by molar-refractivity contribution is 0.399. The highest BCUT2D eigenvalue weighted by atomic mass is 35.5. The molecule has 0 saturated heterocycles. The topological polar surface area (TPSA) is 57.6 Å². The second-order valence-corrected chi connectivity index (χ2v) is 5.12. The van der Waals surface area contributed by atoms with Gasteiger partial charge in [0.1, 0.15) is 11.4 Å². The number of ether oxygens (including phenoxy) is 1. The Balaban J connectivity index is 2.29. The van der Waals surface area contributed by atoms with Crippen LogP contribution >= 0.6 is 11.6 Å². The van der Waals surface area contributed by atoms with Gasteiger partial charge in [0.25, 0.3) is 0 Å². The molecule has 2 aromatic rings. The summed E-state index contributed by atoms with van der Waals surface area (Å²) in [7, 11) is 5.46. The molecule has 1 aromatic carbocycles. The lowest BCUT2D eigenvalue weighted by atomic mass is 10.2. The van der Waals surface area contributed by atoms with Gasteiger partial charge in [-0.2, -0.15) is 0 Å². The third-order valence-corrected chi connectivity index (χ3v) is 3.40. The van der Waals surface area contributed by atoms with Crippen LogP contribution in [0.4, 0.5) is 11.4 Å². The Morgan fingerprint density at radius 3 is 2.76 bits per heavy atom. The Morgan fingerprint density at radius 1 is 1.33 bits per heavy atom. The number of hydrogen-bond acceptors (Lipinski definition) is 5. The minimum atomic E-state index is 0.0842. The molecule has 0 radical (unpaired) electrons. The van der Waals surface area contributed by atoms with Gasteiger partial charge in [-0.15, -0.1) is 0 Å². The maximum absolute atomic E-state index is 9.95. The van der Waals surface area contributed by atoms with Crippen molar-refractivity contribution in [1.29, 1.82) is 0 Å². The largest absolute Gasteiger partial charge is 0.506 e. The Labute approximate surface area is 129 Å². The highest BCUT2D eigenvalue weighted by Gasteiger charge is 2.13. The molecular formula is C15H18ClN3O2. The molecule has 6 heteroatoms. The van der Waals surface area contributed by atoms with Crippen LogP contribution < -0.4 is 15.0 Å². The van der Waals surface area contributed by atoms with Gasteiger partial charge in [-0.25, -0.2) is 4.98 Å². The summed E-state index contributed by atoms with van der Waals surface area (Å²) in [4.78, 5) is 6.16. The van der Waals surface area contributed by atoms with Crippen molar-refractivity contribution in [3.63, 3.8) is 0 Å². The molecule has 1 heterocycles. The van der Waals surface area contributed by atoms with Gasteiger partial charge in [0.2, 0.25) is 5.88 Å². The zero-order valence-electron chi connectivity index (χ0n) is 12.2. The number of anilines is 2. The Kier molecular flexibility index (Phi) is 4.75. The molecule has 0 saturated carbocycles. The van der Waals surface area contributed by atoms with Crippen molar-refractivity contribution < 1.29 is 9.84 Å². The van der Waals surface area contributed by atoms with Crippen LogP contribution in [0.5, 0.6) is 11.6 Å². The van der Waals surface area contributed by atoms with Crippen LogP contribution in [0.3, 0.4) is 0 Å². The molecule has 0 unspecified atom stereocenters. The Bertz CT molecular complexity index is 632. The summed E-state index contributed by atoms with van der Waals surface area (Å²) in [5.41, 5.74) is 2.42. The van der Waals surface area contributed by atoms with Crippen molar-refractivity contribution in [2.24, 2.45) is 0 Å². The molecule has 112 valence electrons. The van der Waals surface area contributed by atoms with Gasteiger partial charge in [0, 0.05) is 32.4 Å². The number of methoxy groups -OCH3 is 1. The van der Waals surface area contributed by atoms with Gasteiger partial charge < -0.3 is 20.1 Å². The van der Waals surface area contributed by atoms with Crippen LogP contribution in [0.25, 0.3) is 0 Å². The van der Waals surface area contributed by atoms with Gasteiger partial charge in [-0.1, -0.05) is 23.7 Å². The average Bonchev–Trinajstić information content (AvgIpc) is 2.48. The second-order valence-electron chi connectivity index (χ2n) is 4.71. The molecule has 2 N–H and O–H groups in total. The average molecular weight is 308 g/mol. The van der Waals surface area contributed by atoms with Crippen LogP contribution in [-0.4, -0.2) is 31.3 Å². The monoisotopic (exact) mass is 307 g/mol. The summed E-state index contributed by atoms with van der Waals surface area (Å²) in [5.74, 6) is 0.587. The number of rotatable bonds is 5. The lowest BCUT2D eigenvalue weighted by Gasteiger charge is -2.20. The molecule has 5 nitrogen and oxygen atoms in total. The number of nitrogens with zero attached hydrogens (tertiary/aromatic N) is 2. The number of para-hydroxylation sites is 1. The molecule has 0 atom stereocenters. The maximum Gasteiger partial charge on any atom is 0.239 e. The number of aromatic nitrogens is 1. The fraction of sp³-hybridized carbons (Fsp3) is 0.267. The fourth-order valence-electron chi connectivity index (χ4n) is 2.01. The Hall–Kier alpha value is -2.14. The van der Waals surface area contributed by atoms with Crippen molar-refractivity contribution in [2.45, 2.75) is 6.54 Å². The first-order valence-electron chi connectivity index (χ1n) is 6.45. The first-order valence-corrected chi connectivity index (χ1v) is 6.83. The summed E-state index contributed by atoms with van der Waals surface area (Å²) in [5, 5.41) is 13.5. The highest BCUT2D eigenvalue weighted by molar-refractivity contribution is 6.32. The van der Waals surface area contributed by atoms with Crippen molar-refractivity contribution >= 4 is 23.0 Å². The Morgan fingerprint density at radius 2 is 2.10 bits per heavy atom. The number of phenols is 1. The molecule has 0 aliphatic rings. The zero-order chi connectivity index (χ0) is 15.4. The molecule has 21 heavy (non-hydrogen) atoms. The van der Waals surface area contributed by atoms with E-state index in [-0.39, 0.29) is 5.75 Å². The van der Waals surface area contributed by atoms with Gasteiger partial charge in [-0.05, 0) is 12.1 Å². The third-order valence-electron chi connectivity index (χ3n) is 3.10.